The van der Waals surface area contributed by atoms with E-state index in [4.69, 9.17) is 8.94 Å². The molecule has 2 atom stereocenters. The Labute approximate surface area is 195 Å². The molecule has 2 unspecified atom stereocenters. The van der Waals surface area contributed by atoms with Crippen molar-refractivity contribution in [1.29, 1.82) is 0 Å². The van der Waals surface area contributed by atoms with Gasteiger partial charge in [0.2, 0.25) is 17.7 Å². The molecule has 0 spiro atoms. The molecule has 3 aromatic heterocycles. The van der Waals surface area contributed by atoms with Crippen LogP contribution in [0, 0.1) is 17.7 Å². The summed E-state index contributed by atoms with van der Waals surface area (Å²) in [5.74, 6) is 3.92. The Balaban J connectivity index is 1.35. The van der Waals surface area contributed by atoms with Gasteiger partial charge in [0.15, 0.2) is 5.16 Å². The second-order valence-corrected chi connectivity index (χ2v) is 9.55. The fraction of sp³-hybridized carbons (Fsp3) is 0.391. The summed E-state index contributed by atoms with van der Waals surface area (Å²) < 4.78 is 26.3. The third-order valence-corrected chi connectivity index (χ3v) is 6.59. The van der Waals surface area contributed by atoms with E-state index < -0.39 is 0 Å². The van der Waals surface area contributed by atoms with Crippen LogP contribution in [0.4, 0.5) is 10.3 Å². The van der Waals surface area contributed by atoms with Crippen molar-refractivity contribution < 1.29 is 13.3 Å². The van der Waals surface area contributed by atoms with Gasteiger partial charge in [0.1, 0.15) is 11.6 Å². The van der Waals surface area contributed by atoms with E-state index in [1.807, 2.05) is 12.1 Å². The quantitative estimate of drug-likeness (QED) is 0.355. The number of hydrogen-bond acceptors (Lipinski definition) is 8. The summed E-state index contributed by atoms with van der Waals surface area (Å²) in [4.78, 5) is 6.76. The predicted octanol–water partition coefficient (Wildman–Crippen LogP) is 4.88. The number of aromatic nitrogens is 5. The highest BCUT2D eigenvalue weighted by Crippen LogP contribution is 2.30. The van der Waals surface area contributed by atoms with Crippen LogP contribution in [0.25, 0.3) is 11.4 Å². The van der Waals surface area contributed by atoms with Crippen LogP contribution in [0.5, 0.6) is 0 Å². The summed E-state index contributed by atoms with van der Waals surface area (Å²) in [6.07, 6.45) is 2.89. The third kappa shape index (κ3) is 4.95. The number of halogens is 1. The molecule has 0 bridgehead atoms. The SMILES string of the molecule is CC1CC(C)CN(c2nnc(SCc3nc(-c4ccc(F)cc4)no3)n2Cc2ccco2)C1. The number of thioether (sulfide) groups is 1. The van der Waals surface area contributed by atoms with Crippen molar-refractivity contribution >= 4 is 17.7 Å². The molecule has 1 aromatic carbocycles. The van der Waals surface area contributed by atoms with Gasteiger partial charge in [-0.15, -0.1) is 10.2 Å². The fourth-order valence-corrected chi connectivity index (χ4v) is 5.07. The minimum atomic E-state index is -0.304. The summed E-state index contributed by atoms with van der Waals surface area (Å²) in [5, 5.41) is 13.8. The zero-order chi connectivity index (χ0) is 22.8. The average molecular weight is 469 g/mol. The Hall–Kier alpha value is -3.14. The van der Waals surface area contributed by atoms with Crippen molar-refractivity contribution in [2.24, 2.45) is 11.8 Å². The number of anilines is 1. The molecule has 1 aliphatic heterocycles. The standard InChI is InChI=1S/C23H25FN6O2S/c1-15-10-16(2)12-29(11-15)22-26-27-23(30(22)13-19-4-3-9-31-19)33-14-20-25-21(28-32-20)17-5-7-18(24)8-6-17/h3-9,15-16H,10-14H2,1-2H3. The fourth-order valence-electron chi connectivity index (χ4n) is 4.30. The largest absolute Gasteiger partial charge is 0.467 e. The molecule has 4 heterocycles. The lowest BCUT2D eigenvalue weighted by molar-refractivity contribution is 0.350. The van der Waals surface area contributed by atoms with Crippen LogP contribution in [-0.2, 0) is 12.3 Å². The topological polar surface area (TPSA) is 86.0 Å². The maximum Gasteiger partial charge on any atom is 0.237 e. The Morgan fingerprint density at radius 3 is 2.61 bits per heavy atom. The van der Waals surface area contributed by atoms with Gasteiger partial charge in [-0.2, -0.15) is 4.98 Å². The van der Waals surface area contributed by atoms with Crippen LogP contribution in [0.1, 0.15) is 31.9 Å². The van der Waals surface area contributed by atoms with Crippen LogP contribution in [0.2, 0.25) is 0 Å². The molecule has 33 heavy (non-hydrogen) atoms. The number of nitrogens with zero attached hydrogens (tertiary/aromatic N) is 6. The Morgan fingerprint density at radius 1 is 1.09 bits per heavy atom. The summed E-state index contributed by atoms with van der Waals surface area (Å²) in [7, 11) is 0. The number of piperidine rings is 1. The molecule has 0 N–H and O–H groups in total. The molecule has 0 aliphatic carbocycles. The van der Waals surface area contributed by atoms with Crippen molar-refractivity contribution in [3.8, 4) is 11.4 Å². The van der Waals surface area contributed by atoms with E-state index >= 15 is 0 Å². The number of furan rings is 1. The van der Waals surface area contributed by atoms with Crippen molar-refractivity contribution in [2.75, 3.05) is 18.0 Å². The molecule has 10 heteroatoms. The molecule has 1 saturated heterocycles. The van der Waals surface area contributed by atoms with Crippen molar-refractivity contribution in [2.45, 2.75) is 37.7 Å². The maximum absolute atomic E-state index is 13.2. The molecule has 4 aromatic rings. The summed E-state index contributed by atoms with van der Waals surface area (Å²) in [5.41, 5.74) is 0.702. The van der Waals surface area contributed by atoms with Gasteiger partial charge in [0.25, 0.3) is 0 Å². The first-order chi connectivity index (χ1) is 16.0. The lowest BCUT2D eigenvalue weighted by Crippen LogP contribution is -2.40. The van der Waals surface area contributed by atoms with E-state index in [1.165, 1.54) is 30.3 Å². The predicted molar refractivity (Wildman–Crippen MR) is 122 cm³/mol. The highest BCUT2D eigenvalue weighted by Gasteiger charge is 2.27. The summed E-state index contributed by atoms with van der Waals surface area (Å²) >= 11 is 1.48. The second kappa shape index (κ2) is 9.38. The molecular formula is C23H25FN6O2S. The first-order valence-corrected chi connectivity index (χ1v) is 12.0. The highest BCUT2D eigenvalue weighted by atomic mass is 32.2. The summed E-state index contributed by atoms with van der Waals surface area (Å²) in [6.45, 7) is 7.01. The van der Waals surface area contributed by atoms with Crippen molar-refractivity contribution in [3.05, 3.63) is 60.1 Å². The lowest BCUT2D eigenvalue weighted by atomic mass is 9.92. The molecular weight excluding hydrogens is 443 g/mol. The van der Waals surface area contributed by atoms with Crippen LogP contribution in [0.15, 0.2) is 56.8 Å². The van der Waals surface area contributed by atoms with Gasteiger partial charge in [-0.3, -0.25) is 4.57 Å². The maximum atomic E-state index is 13.2. The van der Waals surface area contributed by atoms with Crippen LogP contribution in [-0.4, -0.2) is 38.0 Å². The Bertz CT molecular complexity index is 1180. The molecule has 1 aliphatic rings. The number of benzene rings is 1. The third-order valence-electron chi connectivity index (χ3n) is 5.64. The molecule has 1 fully saturated rings. The monoisotopic (exact) mass is 468 g/mol. The smallest absolute Gasteiger partial charge is 0.237 e. The van der Waals surface area contributed by atoms with Crippen LogP contribution in [0.3, 0.4) is 0 Å². The van der Waals surface area contributed by atoms with Gasteiger partial charge in [-0.1, -0.05) is 30.8 Å². The number of hydrogen-bond donors (Lipinski definition) is 0. The molecule has 8 nitrogen and oxygen atoms in total. The minimum Gasteiger partial charge on any atom is -0.467 e. The van der Waals surface area contributed by atoms with Gasteiger partial charge in [-0.05, 0) is 54.7 Å². The number of rotatable bonds is 7. The zero-order valence-electron chi connectivity index (χ0n) is 18.5. The lowest BCUT2D eigenvalue weighted by Gasteiger charge is -2.35. The van der Waals surface area contributed by atoms with E-state index in [2.05, 4.69) is 43.7 Å². The van der Waals surface area contributed by atoms with Gasteiger partial charge < -0.3 is 13.8 Å². The van der Waals surface area contributed by atoms with Crippen molar-refractivity contribution in [1.82, 2.24) is 24.9 Å². The molecule has 172 valence electrons. The van der Waals surface area contributed by atoms with Gasteiger partial charge in [-0.25, -0.2) is 4.39 Å². The van der Waals surface area contributed by atoms with Gasteiger partial charge in [0, 0.05) is 18.7 Å². The zero-order valence-corrected chi connectivity index (χ0v) is 19.3. The second-order valence-electron chi connectivity index (χ2n) is 8.61. The highest BCUT2D eigenvalue weighted by molar-refractivity contribution is 7.98. The first-order valence-electron chi connectivity index (χ1n) is 11.0. The minimum absolute atomic E-state index is 0.304. The normalized spacial score (nSPS) is 18.7. The molecule has 0 saturated carbocycles. The summed E-state index contributed by atoms with van der Waals surface area (Å²) in [6, 6.07) is 9.84. The van der Waals surface area contributed by atoms with E-state index in [-0.39, 0.29) is 5.82 Å². The van der Waals surface area contributed by atoms with Crippen LogP contribution < -0.4 is 4.90 Å². The van der Waals surface area contributed by atoms with Crippen molar-refractivity contribution in [3.63, 3.8) is 0 Å². The van der Waals surface area contributed by atoms with E-state index in [0.29, 0.717) is 41.4 Å². The Kier molecular flexibility index (Phi) is 6.17. The van der Waals surface area contributed by atoms with Gasteiger partial charge >= 0.3 is 0 Å². The molecule has 5 rings (SSSR count). The molecule has 0 amide bonds. The van der Waals surface area contributed by atoms with E-state index in [9.17, 15) is 4.39 Å². The Morgan fingerprint density at radius 2 is 1.88 bits per heavy atom. The van der Waals surface area contributed by atoms with Gasteiger partial charge in [0.05, 0.1) is 18.6 Å². The average Bonchev–Trinajstić information content (AvgIpc) is 3.54. The molecule has 0 radical (unpaired) electrons. The van der Waals surface area contributed by atoms with E-state index in [0.717, 1.165) is 30.0 Å². The van der Waals surface area contributed by atoms with E-state index in [1.54, 1.807) is 18.4 Å². The van der Waals surface area contributed by atoms with Crippen LogP contribution >= 0.6 is 11.8 Å². The first kappa shape index (κ1) is 21.7.